The Morgan fingerprint density at radius 1 is 1.58 bits per heavy atom. The molecule has 2 saturated heterocycles. The largest absolute Gasteiger partial charge is 0.464 e. The average molecular weight is 427 g/mol. The molecule has 1 aromatic rings. The van der Waals surface area contributed by atoms with Crippen molar-refractivity contribution in [3.05, 3.63) is 29.4 Å². The minimum Gasteiger partial charge on any atom is -0.464 e. The maximum absolute atomic E-state index is 12.2. The van der Waals surface area contributed by atoms with E-state index in [0.29, 0.717) is 6.42 Å². The smallest absolute Gasteiger partial charge is 0.444 e. The fraction of sp³-hybridized carbons (Fsp3) is 0.615. The van der Waals surface area contributed by atoms with Crippen molar-refractivity contribution in [2.45, 2.75) is 37.4 Å². The molecule has 1 radical (unpaired) electrons. The van der Waals surface area contributed by atoms with Crippen LogP contribution in [0.3, 0.4) is 0 Å². The standard InChI is InChI=1S/C13H19N3O8P.V/c1-13(7-23-25(20)21-5-2-6-22-25)10(18)9(17)11(24-13)16-4-3-8(14)15-12(16)19;/h3-5,9-11,17-18H,2,6-7H2,1H3,(H2,14,15,19);/q-1;/t9-,10+,11-,13-,25?;/m1./s1. The summed E-state index contributed by atoms with van der Waals surface area (Å²) in [6.45, 7) is 2.53. The van der Waals surface area contributed by atoms with Gasteiger partial charge in [0, 0.05) is 31.4 Å². The van der Waals surface area contributed by atoms with Crippen LogP contribution in [0.5, 0.6) is 0 Å². The zero-order valence-corrected chi connectivity index (χ0v) is 16.1. The van der Waals surface area contributed by atoms with E-state index in [4.69, 9.17) is 24.0 Å². The molecule has 0 aromatic carbocycles. The van der Waals surface area contributed by atoms with Crippen LogP contribution in [0.1, 0.15) is 19.6 Å². The summed E-state index contributed by atoms with van der Waals surface area (Å²) in [6.07, 6.45) is -2.33. The molecule has 5 atom stereocenters. The second kappa shape index (κ2) is 8.09. The summed E-state index contributed by atoms with van der Waals surface area (Å²) in [5.74, 6) is 0.0151. The van der Waals surface area contributed by atoms with Gasteiger partial charge in [-0.3, -0.25) is 13.6 Å². The van der Waals surface area contributed by atoms with E-state index < -0.39 is 44.2 Å². The number of nitrogen functional groups attached to an aromatic ring is 1. The first-order chi connectivity index (χ1) is 11.7. The molecule has 13 heteroatoms. The first-order valence-electron chi connectivity index (χ1n) is 7.52. The van der Waals surface area contributed by atoms with E-state index in [1.165, 1.54) is 25.8 Å². The molecule has 0 spiro atoms. The van der Waals surface area contributed by atoms with Crippen LogP contribution in [0, 0.1) is 6.61 Å². The van der Waals surface area contributed by atoms with Gasteiger partial charge in [0.15, 0.2) is 6.23 Å². The van der Waals surface area contributed by atoms with Crippen LogP contribution in [-0.4, -0.2) is 50.8 Å². The van der Waals surface area contributed by atoms with E-state index in [9.17, 15) is 19.6 Å². The van der Waals surface area contributed by atoms with Crippen LogP contribution in [-0.2, 0) is 41.4 Å². The van der Waals surface area contributed by atoms with Crippen LogP contribution >= 0.6 is 7.82 Å². The fourth-order valence-corrected chi connectivity index (χ4v) is 3.78. The molecule has 2 aliphatic rings. The van der Waals surface area contributed by atoms with Crippen molar-refractivity contribution >= 4 is 13.6 Å². The predicted molar refractivity (Wildman–Crippen MR) is 83.0 cm³/mol. The molecule has 0 saturated carbocycles. The average Bonchev–Trinajstić information content (AvgIpc) is 2.79. The molecule has 26 heavy (non-hydrogen) atoms. The van der Waals surface area contributed by atoms with E-state index in [1.54, 1.807) is 0 Å². The third-order valence-electron chi connectivity index (χ3n) is 3.95. The molecule has 4 N–H and O–H groups in total. The number of aliphatic hydroxyl groups excluding tert-OH is 2. The van der Waals surface area contributed by atoms with E-state index in [0.717, 1.165) is 4.57 Å². The number of nitrogens with zero attached hydrogens (tertiary/aromatic N) is 2. The summed E-state index contributed by atoms with van der Waals surface area (Å²) < 4.78 is 33.8. The van der Waals surface area contributed by atoms with Crippen molar-refractivity contribution in [2.75, 3.05) is 18.9 Å². The molecule has 11 nitrogen and oxygen atoms in total. The first kappa shape index (κ1) is 21.6. The van der Waals surface area contributed by atoms with E-state index in [2.05, 4.69) is 4.98 Å². The molecule has 3 rings (SSSR count). The van der Waals surface area contributed by atoms with Gasteiger partial charge in [-0.25, -0.2) is 9.36 Å². The van der Waals surface area contributed by atoms with Crippen molar-refractivity contribution in [3.63, 3.8) is 0 Å². The summed E-state index contributed by atoms with van der Waals surface area (Å²) in [5, 5.41) is 20.6. The van der Waals surface area contributed by atoms with Gasteiger partial charge < -0.3 is 25.2 Å². The zero-order valence-electron chi connectivity index (χ0n) is 13.8. The van der Waals surface area contributed by atoms with Gasteiger partial charge >= 0.3 is 13.5 Å². The summed E-state index contributed by atoms with van der Waals surface area (Å²) in [6, 6.07) is 1.35. The minimum absolute atomic E-state index is 0. The Bertz CT molecular complexity index is 738. The fourth-order valence-electron chi connectivity index (χ4n) is 2.55. The summed E-state index contributed by atoms with van der Waals surface area (Å²) in [7, 11) is -3.79. The Labute approximate surface area is 160 Å². The number of hydrogen-bond donors (Lipinski definition) is 3. The van der Waals surface area contributed by atoms with Crippen molar-refractivity contribution < 1.29 is 51.6 Å². The summed E-state index contributed by atoms with van der Waals surface area (Å²) in [4.78, 5) is 15.5. The van der Waals surface area contributed by atoms with Crippen LogP contribution in [0.4, 0.5) is 5.82 Å². The zero-order chi connectivity index (χ0) is 18.2. The van der Waals surface area contributed by atoms with E-state index >= 15 is 0 Å². The van der Waals surface area contributed by atoms with Crippen LogP contribution in [0.15, 0.2) is 17.1 Å². The summed E-state index contributed by atoms with van der Waals surface area (Å²) in [5.41, 5.74) is 3.21. The molecule has 0 aliphatic carbocycles. The maximum atomic E-state index is 12.2. The number of rotatable bonds is 4. The second-order valence-corrected chi connectivity index (χ2v) is 7.54. The topological polar surface area (TPSA) is 155 Å². The Balaban J connectivity index is 0.00000243. The number of aliphatic hydroxyl groups is 2. The number of anilines is 1. The molecule has 0 amide bonds. The van der Waals surface area contributed by atoms with Crippen molar-refractivity contribution in [2.24, 2.45) is 0 Å². The number of hydrogen-bond acceptors (Lipinski definition) is 10. The molecule has 2 fully saturated rings. The molecule has 3 heterocycles. The van der Waals surface area contributed by atoms with Gasteiger partial charge in [0.25, 0.3) is 0 Å². The molecule has 0 bridgehead atoms. The normalized spacial score (nSPS) is 37.3. The second-order valence-electron chi connectivity index (χ2n) is 5.91. The van der Waals surface area contributed by atoms with Gasteiger partial charge in [0.05, 0.1) is 6.61 Å². The quantitative estimate of drug-likeness (QED) is 0.425. The molecular weight excluding hydrogens is 408 g/mol. The number of nitrogens with two attached hydrogens (primary N) is 1. The number of phosphoric ester groups is 1. The van der Waals surface area contributed by atoms with Gasteiger partial charge in [0.2, 0.25) is 0 Å². The Kier molecular flexibility index (Phi) is 6.71. The van der Waals surface area contributed by atoms with Crippen LogP contribution in [0.25, 0.3) is 0 Å². The van der Waals surface area contributed by atoms with Crippen molar-refractivity contribution in [1.29, 1.82) is 0 Å². The maximum Gasteiger partial charge on any atom is 0.444 e. The summed E-state index contributed by atoms with van der Waals surface area (Å²) >= 11 is 0. The number of phosphoric acid groups is 1. The molecule has 1 unspecified atom stereocenters. The monoisotopic (exact) mass is 427 g/mol. The van der Waals surface area contributed by atoms with E-state index in [1.807, 2.05) is 0 Å². The molecule has 2 aliphatic heterocycles. The number of aromatic nitrogens is 2. The predicted octanol–water partition coefficient (Wildman–Crippen LogP) is -0.444. The van der Waals surface area contributed by atoms with Crippen molar-refractivity contribution in [3.8, 4) is 0 Å². The van der Waals surface area contributed by atoms with Crippen LogP contribution < -0.4 is 11.4 Å². The van der Waals surface area contributed by atoms with Crippen LogP contribution in [0.2, 0.25) is 0 Å². The third-order valence-corrected chi connectivity index (χ3v) is 5.31. The third kappa shape index (κ3) is 4.22. The Morgan fingerprint density at radius 2 is 2.31 bits per heavy atom. The molecular formula is C13H19N3O8PV-. The van der Waals surface area contributed by atoms with E-state index in [-0.39, 0.29) is 31.0 Å². The SMILES string of the molecule is C[C@]1(COP2(=O)O[CH-]CCO2)O[C@@H](n2ccc(N)nc2=O)[C@H](O)[C@@H]1O.[V]. The first-order valence-corrected chi connectivity index (χ1v) is 8.98. The van der Waals surface area contributed by atoms with Gasteiger partial charge in [0.1, 0.15) is 23.6 Å². The van der Waals surface area contributed by atoms with Gasteiger partial charge in [-0.05, 0) is 13.0 Å². The van der Waals surface area contributed by atoms with Gasteiger partial charge in [-0.2, -0.15) is 11.6 Å². The Hall–Kier alpha value is -0.746. The molecule has 1 aromatic heterocycles. The number of ether oxygens (including phenoxy) is 1. The Morgan fingerprint density at radius 3 is 2.92 bits per heavy atom. The molecule has 145 valence electrons. The van der Waals surface area contributed by atoms with Crippen molar-refractivity contribution in [1.82, 2.24) is 9.55 Å². The minimum atomic E-state index is -3.79. The van der Waals surface area contributed by atoms with Gasteiger partial charge in [-0.1, -0.05) is 0 Å². The van der Waals surface area contributed by atoms with Gasteiger partial charge in [-0.15, -0.1) is 6.42 Å².